The number of rotatable bonds is 2. The first-order valence-corrected chi connectivity index (χ1v) is 7.20. The number of benzene rings is 1. The van der Waals surface area contributed by atoms with Gasteiger partial charge in [0.05, 0.1) is 12.7 Å². The van der Waals surface area contributed by atoms with Crippen LogP contribution < -0.4 is 10.1 Å². The maximum atomic E-state index is 12.6. The van der Waals surface area contributed by atoms with E-state index in [-0.39, 0.29) is 11.9 Å². The minimum atomic E-state index is 0.0326. The Morgan fingerprint density at radius 1 is 1.47 bits per heavy atom. The molecule has 1 aliphatic heterocycles. The summed E-state index contributed by atoms with van der Waals surface area (Å²) in [6, 6.07) is 6.01. The fourth-order valence-corrected chi connectivity index (χ4v) is 2.64. The second-order valence-electron chi connectivity index (χ2n) is 4.96. The Labute approximate surface area is 122 Å². The molecule has 0 bridgehead atoms. The standard InChI is InChI=1S/C14H19BrN2O2/c1-9-8-17(10(2)7-16-9)14(18)12-5-4-11(15)6-13(12)19-3/h4-6,9-10,16H,7-8H2,1-3H3. The van der Waals surface area contributed by atoms with Crippen molar-refractivity contribution in [2.45, 2.75) is 25.9 Å². The van der Waals surface area contributed by atoms with Crippen molar-refractivity contribution in [2.24, 2.45) is 0 Å². The van der Waals surface area contributed by atoms with Gasteiger partial charge in [-0.05, 0) is 32.0 Å². The predicted octanol–water partition coefficient (Wildman–Crippen LogP) is 2.28. The van der Waals surface area contributed by atoms with Gasteiger partial charge in [0, 0.05) is 29.6 Å². The maximum absolute atomic E-state index is 12.6. The minimum Gasteiger partial charge on any atom is -0.496 e. The summed E-state index contributed by atoms with van der Waals surface area (Å²) in [6.45, 7) is 5.69. The Morgan fingerprint density at radius 2 is 2.21 bits per heavy atom. The van der Waals surface area contributed by atoms with Gasteiger partial charge in [0.15, 0.2) is 0 Å². The van der Waals surface area contributed by atoms with Gasteiger partial charge in [0.2, 0.25) is 0 Å². The van der Waals surface area contributed by atoms with E-state index in [9.17, 15) is 4.79 Å². The predicted molar refractivity (Wildman–Crippen MR) is 78.7 cm³/mol. The third kappa shape index (κ3) is 3.09. The molecule has 0 saturated carbocycles. The quantitative estimate of drug-likeness (QED) is 0.906. The zero-order chi connectivity index (χ0) is 14.0. The van der Waals surface area contributed by atoms with Gasteiger partial charge >= 0.3 is 0 Å². The Balaban J connectivity index is 2.28. The first kappa shape index (κ1) is 14.3. The van der Waals surface area contributed by atoms with Gasteiger partial charge in [0.25, 0.3) is 5.91 Å². The van der Waals surface area contributed by atoms with E-state index in [0.717, 1.165) is 17.6 Å². The highest BCUT2D eigenvalue weighted by atomic mass is 79.9. The van der Waals surface area contributed by atoms with Gasteiger partial charge < -0.3 is 15.0 Å². The number of halogens is 1. The lowest BCUT2D eigenvalue weighted by Crippen LogP contribution is -2.56. The van der Waals surface area contributed by atoms with E-state index in [1.807, 2.05) is 23.1 Å². The number of hydrogen-bond acceptors (Lipinski definition) is 3. The SMILES string of the molecule is COc1cc(Br)ccc1C(=O)N1CC(C)NCC1C. The molecular weight excluding hydrogens is 308 g/mol. The smallest absolute Gasteiger partial charge is 0.257 e. The van der Waals surface area contributed by atoms with Crippen molar-refractivity contribution in [1.29, 1.82) is 0 Å². The zero-order valence-electron chi connectivity index (χ0n) is 11.4. The molecule has 1 aromatic rings. The largest absolute Gasteiger partial charge is 0.496 e. The average molecular weight is 327 g/mol. The molecule has 1 aromatic carbocycles. The molecule has 1 amide bonds. The molecule has 0 aromatic heterocycles. The molecule has 1 N–H and O–H groups in total. The summed E-state index contributed by atoms with van der Waals surface area (Å²) in [4.78, 5) is 14.6. The van der Waals surface area contributed by atoms with Crippen LogP contribution in [0.2, 0.25) is 0 Å². The number of nitrogens with one attached hydrogen (secondary N) is 1. The number of nitrogens with zero attached hydrogens (tertiary/aromatic N) is 1. The summed E-state index contributed by atoms with van der Waals surface area (Å²) in [6.07, 6.45) is 0. The molecule has 19 heavy (non-hydrogen) atoms. The minimum absolute atomic E-state index is 0.0326. The van der Waals surface area contributed by atoms with Gasteiger partial charge in [-0.1, -0.05) is 15.9 Å². The van der Waals surface area contributed by atoms with Crippen LogP contribution in [0.25, 0.3) is 0 Å². The Kier molecular flexibility index (Phi) is 4.47. The second kappa shape index (κ2) is 5.92. The maximum Gasteiger partial charge on any atom is 0.257 e. The highest BCUT2D eigenvalue weighted by Gasteiger charge is 2.28. The molecule has 0 spiro atoms. The molecule has 2 rings (SSSR count). The normalized spacial score (nSPS) is 23.3. The van der Waals surface area contributed by atoms with E-state index in [1.165, 1.54) is 0 Å². The number of hydrogen-bond donors (Lipinski definition) is 1. The lowest BCUT2D eigenvalue weighted by Gasteiger charge is -2.37. The van der Waals surface area contributed by atoms with Crippen molar-refractivity contribution >= 4 is 21.8 Å². The van der Waals surface area contributed by atoms with Crippen molar-refractivity contribution in [3.63, 3.8) is 0 Å². The number of ether oxygens (including phenoxy) is 1. The molecule has 5 heteroatoms. The third-order valence-corrected chi connectivity index (χ3v) is 3.91. The molecule has 0 aliphatic carbocycles. The van der Waals surface area contributed by atoms with Crippen LogP contribution in [0.15, 0.2) is 22.7 Å². The van der Waals surface area contributed by atoms with E-state index in [2.05, 4.69) is 35.1 Å². The number of carbonyl (C=O) groups is 1. The molecule has 1 heterocycles. The van der Waals surface area contributed by atoms with Gasteiger partial charge in [0.1, 0.15) is 5.75 Å². The molecule has 0 radical (unpaired) electrons. The number of carbonyl (C=O) groups excluding carboxylic acids is 1. The number of amides is 1. The fourth-order valence-electron chi connectivity index (χ4n) is 2.30. The first-order valence-electron chi connectivity index (χ1n) is 6.40. The van der Waals surface area contributed by atoms with Crippen LogP contribution >= 0.6 is 15.9 Å². The molecular formula is C14H19BrN2O2. The average Bonchev–Trinajstić information content (AvgIpc) is 2.40. The van der Waals surface area contributed by atoms with Crippen molar-refractivity contribution < 1.29 is 9.53 Å². The van der Waals surface area contributed by atoms with Crippen LogP contribution in [-0.4, -0.2) is 43.1 Å². The number of piperazine rings is 1. The Bertz CT molecular complexity index is 479. The lowest BCUT2D eigenvalue weighted by molar-refractivity contribution is 0.0613. The highest BCUT2D eigenvalue weighted by molar-refractivity contribution is 9.10. The number of methoxy groups -OCH3 is 1. The molecule has 1 aliphatic rings. The van der Waals surface area contributed by atoms with Crippen LogP contribution in [-0.2, 0) is 0 Å². The van der Waals surface area contributed by atoms with Crippen molar-refractivity contribution in [3.05, 3.63) is 28.2 Å². The third-order valence-electron chi connectivity index (χ3n) is 3.42. The Hall–Kier alpha value is -1.07. The monoisotopic (exact) mass is 326 g/mol. The summed E-state index contributed by atoms with van der Waals surface area (Å²) in [5.74, 6) is 0.642. The topological polar surface area (TPSA) is 41.6 Å². The second-order valence-corrected chi connectivity index (χ2v) is 5.88. The van der Waals surface area contributed by atoms with E-state index in [1.54, 1.807) is 7.11 Å². The molecule has 2 atom stereocenters. The first-order chi connectivity index (χ1) is 9.02. The summed E-state index contributed by atoms with van der Waals surface area (Å²) in [5, 5.41) is 3.37. The van der Waals surface area contributed by atoms with E-state index in [0.29, 0.717) is 17.4 Å². The molecule has 1 saturated heterocycles. The van der Waals surface area contributed by atoms with Crippen LogP contribution in [0.5, 0.6) is 5.75 Å². The summed E-state index contributed by atoms with van der Waals surface area (Å²) in [7, 11) is 1.59. The van der Waals surface area contributed by atoms with Gasteiger partial charge in [-0.15, -0.1) is 0 Å². The van der Waals surface area contributed by atoms with Crippen LogP contribution in [0.1, 0.15) is 24.2 Å². The fraction of sp³-hybridized carbons (Fsp3) is 0.500. The zero-order valence-corrected chi connectivity index (χ0v) is 13.0. The van der Waals surface area contributed by atoms with Crippen molar-refractivity contribution in [2.75, 3.05) is 20.2 Å². The van der Waals surface area contributed by atoms with Gasteiger partial charge in [-0.3, -0.25) is 4.79 Å². The molecule has 104 valence electrons. The Morgan fingerprint density at radius 3 is 2.89 bits per heavy atom. The van der Waals surface area contributed by atoms with Crippen molar-refractivity contribution in [3.8, 4) is 5.75 Å². The van der Waals surface area contributed by atoms with Crippen LogP contribution in [0.4, 0.5) is 0 Å². The van der Waals surface area contributed by atoms with E-state index < -0.39 is 0 Å². The lowest BCUT2D eigenvalue weighted by atomic mass is 10.1. The molecule has 2 unspecified atom stereocenters. The molecule has 4 nitrogen and oxygen atoms in total. The van der Waals surface area contributed by atoms with E-state index in [4.69, 9.17) is 4.74 Å². The van der Waals surface area contributed by atoms with Crippen molar-refractivity contribution in [1.82, 2.24) is 10.2 Å². The van der Waals surface area contributed by atoms with Gasteiger partial charge in [-0.25, -0.2) is 0 Å². The highest BCUT2D eigenvalue weighted by Crippen LogP contribution is 2.25. The summed E-state index contributed by atoms with van der Waals surface area (Å²) < 4.78 is 6.21. The van der Waals surface area contributed by atoms with Crippen LogP contribution in [0.3, 0.4) is 0 Å². The molecule has 1 fully saturated rings. The van der Waals surface area contributed by atoms with Crippen LogP contribution in [0, 0.1) is 0 Å². The van der Waals surface area contributed by atoms with E-state index >= 15 is 0 Å². The summed E-state index contributed by atoms with van der Waals surface area (Å²) in [5.41, 5.74) is 0.617. The van der Waals surface area contributed by atoms with Gasteiger partial charge in [-0.2, -0.15) is 0 Å². The summed E-state index contributed by atoms with van der Waals surface area (Å²) >= 11 is 3.39.